The van der Waals surface area contributed by atoms with E-state index in [-0.39, 0.29) is 17.5 Å². The van der Waals surface area contributed by atoms with E-state index in [0.717, 1.165) is 48.2 Å². The summed E-state index contributed by atoms with van der Waals surface area (Å²) >= 11 is 0. The van der Waals surface area contributed by atoms with Crippen LogP contribution in [0.25, 0.3) is 11.1 Å². The minimum atomic E-state index is -4.34. The number of alkyl halides is 3. The van der Waals surface area contributed by atoms with Gasteiger partial charge in [-0.15, -0.1) is 0 Å². The lowest BCUT2D eigenvalue weighted by atomic mass is 9.86. The van der Waals surface area contributed by atoms with Crippen molar-refractivity contribution in [2.75, 3.05) is 13.6 Å². The highest BCUT2D eigenvalue weighted by atomic mass is 19.4. The van der Waals surface area contributed by atoms with Gasteiger partial charge < -0.3 is 5.32 Å². The zero-order valence-corrected chi connectivity index (χ0v) is 15.6. The summed E-state index contributed by atoms with van der Waals surface area (Å²) in [6.07, 6.45) is 0.633. The van der Waals surface area contributed by atoms with Crippen LogP contribution in [0.4, 0.5) is 13.2 Å². The zero-order chi connectivity index (χ0) is 19.9. The van der Waals surface area contributed by atoms with Crippen LogP contribution in [-0.2, 0) is 11.0 Å². The van der Waals surface area contributed by atoms with Crippen molar-refractivity contribution >= 4 is 5.91 Å². The van der Waals surface area contributed by atoms with Gasteiger partial charge in [-0.3, -0.25) is 14.7 Å². The molecule has 4 nitrogen and oxygen atoms in total. The monoisotopic (exact) mass is 389 g/mol. The van der Waals surface area contributed by atoms with E-state index in [1.807, 2.05) is 19.2 Å². The molecule has 2 aliphatic rings. The number of likely N-dealkylation sites (tertiary alicyclic amines) is 1. The maximum atomic E-state index is 12.8. The van der Waals surface area contributed by atoms with Crippen LogP contribution in [-0.4, -0.2) is 34.9 Å². The second-order valence-corrected chi connectivity index (χ2v) is 7.71. The van der Waals surface area contributed by atoms with Crippen LogP contribution in [0.2, 0.25) is 0 Å². The Morgan fingerprint density at radius 2 is 1.89 bits per heavy atom. The van der Waals surface area contributed by atoms with Gasteiger partial charge in [0.15, 0.2) is 0 Å². The maximum Gasteiger partial charge on any atom is 0.416 e. The summed E-state index contributed by atoms with van der Waals surface area (Å²) < 4.78 is 38.4. The number of piperidine rings is 1. The van der Waals surface area contributed by atoms with Crippen LogP contribution in [0.5, 0.6) is 0 Å². The summed E-state index contributed by atoms with van der Waals surface area (Å²) in [5.41, 5.74) is 1.68. The number of benzene rings is 1. The third-order valence-electron chi connectivity index (χ3n) is 6.17. The topological polar surface area (TPSA) is 45.2 Å². The quantitative estimate of drug-likeness (QED) is 0.838. The maximum absolute atomic E-state index is 12.8. The van der Waals surface area contributed by atoms with Crippen molar-refractivity contribution in [3.8, 4) is 11.1 Å². The van der Waals surface area contributed by atoms with E-state index in [9.17, 15) is 18.0 Å². The molecule has 1 N–H and O–H groups in total. The van der Waals surface area contributed by atoms with Gasteiger partial charge in [-0.2, -0.15) is 13.2 Å². The minimum Gasteiger partial charge on any atom is -0.356 e. The van der Waals surface area contributed by atoms with Gasteiger partial charge in [0.2, 0.25) is 5.91 Å². The average Bonchev–Trinajstić information content (AvgIpc) is 2.97. The Morgan fingerprint density at radius 3 is 2.57 bits per heavy atom. The predicted molar refractivity (Wildman–Crippen MR) is 99.4 cm³/mol. The standard InChI is InChI=1S/C21H22F3N3O/c1-27-18(6-8-20(27)9-11-26-19(28)13-20)17-12-15(7-10-25-17)14-2-4-16(5-3-14)21(22,23)24/h2-5,7,10,12,18H,6,8-9,11,13H2,1H3,(H,26,28). The summed E-state index contributed by atoms with van der Waals surface area (Å²) in [7, 11) is 2.04. The molecule has 2 unspecified atom stereocenters. The number of carbonyl (C=O) groups is 1. The first-order valence-corrected chi connectivity index (χ1v) is 9.42. The number of hydrogen-bond acceptors (Lipinski definition) is 3. The Balaban J connectivity index is 1.58. The van der Waals surface area contributed by atoms with Crippen LogP contribution < -0.4 is 5.32 Å². The van der Waals surface area contributed by atoms with Crippen molar-refractivity contribution in [2.24, 2.45) is 0 Å². The summed E-state index contributed by atoms with van der Waals surface area (Å²) in [6.45, 7) is 0.689. The normalized spacial score (nSPS) is 25.9. The molecular weight excluding hydrogens is 367 g/mol. The Labute approximate surface area is 161 Å². The molecule has 0 bridgehead atoms. The van der Waals surface area contributed by atoms with Crippen LogP contribution >= 0.6 is 0 Å². The van der Waals surface area contributed by atoms with Crippen molar-refractivity contribution in [3.63, 3.8) is 0 Å². The molecule has 0 saturated carbocycles. The molecule has 0 aliphatic carbocycles. The molecule has 2 atom stereocenters. The summed E-state index contributed by atoms with van der Waals surface area (Å²) in [6, 6.07) is 9.05. The van der Waals surface area contributed by atoms with Crippen LogP contribution in [0.3, 0.4) is 0 Å². The highest BCUT2D eigenvalue weighted by Gasteiger charge is 2.47. The van der Waals surface area contributed by atoms with Gasteiger partial charge in [0.1, 0.15) is 0 Å². The van der Waals surface area contributed by atoms with Crippen molar-refractivity contribution in [1.29, 1.82) is 0 Å². The van der Waals surface area contributed by atoms with Gasteiger partial charge in [-0.1, -0.05) is 12.1 Å². The molecular formula is C21H22F3N3O. The third kappa shape index (κ3) is 3.39. The molecule has 7 heteroatoms. The number of hydrogen-bond donors (Lipinski definition) is 1. The SMILES string of the molecule is CN1C(c2cc(-c3ccc(C(F)(F)F)cc3)ccn2)CCC12CCNC(=O)C2. The number of carbonyl (C=O) groups excluding carboxylic acids is 1. The largest absolute Gasteiger partial charge is 0.416 e. The lowest BCUT2D eigenvalue weighted by Crippen LogP contribution is -2.52. The van der Waals surface area contributed by atoms with E-state index in [4.69, 9.17) is 0 Å². The van der Waals surface area contributed by atoms with Gasteiger partial charge in [-0.25, -0.2) is 0 Å². The smallest absolute Gasteiger partial charge is 0.356 e. The Morgan fingerprint density at radius 1 is 1.14 bits per heavy atom. The van der Waals surface area contributed by atoms with Crippen molar-refractivity contribution < 1.29 is 18.0 Å². The first kappa shape index (κ1) is 18.9. The fraction of sp³-hybridized carbons (Fsp3) is 0.429. The van der Waals surface area contributed by atoms with Crippen molar-refractivity contribution in [1.82, 2.24) is 15.2 Å². The highest BCUT2D eigenvalue weighted by molar-refractivity contribution is 5.78. The molecule has 2 aromatic rings. The van der Waals surface area contributed by atoms with E-state index < -0.39 is 11.7 Å². The Hall–Kier alpha value is -2.41. The number of halogens is 3. The molecule has 2 fully saturated rings. The van der Waals surface area contributed by atoms with E-state index in [2.05, 4.69) is 15.2 Å². The fourth-order valence-electron chi connectivity index (χ4n) is 4.51. The lowest BCUT2D eigenvalue weighted by Gasteiger charge is -2.41. The molecule has 148 valence electrons. The number of pyridine rings is 1. The summed E-state index contributed by atoms with van der Waals surface area (Å²) in [5, 5.41) is 2.89. The van der Waals surface area contributed by atoms with Crippen LogP contribution in [0, 0.1) is 0 Å². The first-order valence-electron chi connectivity index (χ1n) is 9.42. The predicted octanol–water partition coefficient (Wildman–Crippen LogP) is 4.18. The number of rotatable bonds is 2. The van der Waals surface area contributed by atoms with Crippen LogP contribution in [0.15, 0.2) is 42.6 Å². The highest BCUT2D eigenvalue weighted by Crippen LogP contribution is 2.45. The molecule has 28 heavy (non-hydrogen) atoms. The lowest BCUT2D eigenvalue weighted by molar-refractivity contribution is -0.137. The second kappa shape index (κ2) is 6.88. The fourth-order valence-corrected chi connectivity index (χ4v) is 4.51. The zero-order valence-electron chi connectivity index (χ0n) is 15.6. The van der Waals surface area contributed by atoms with E-state index >= 15 is 0 Å². The van der Waals surface area contributed by atoms with Gasteiger partial charge >= 0.3 is 6.18 Å². The molecule has 2 saturated heterocycles. The van der Waals surface area contributed by atoms with E-state index in [1.165, 1.54) is 12.1 Å². The Bertz CT molecular complexity index is 881. The van der Waals surface area contributed by atoms with E-state index in [1.54, 1.807) is 6.20 Å². The Kier molecular flexibility index (Phi) is 4.65. The molecule has 1 aromatic heterocycles. The molecule has 1 aromatic carbocycles. The molecule has 4 rings (SSSR count). The van der Waals surface area contributed by atoms with Gasteiger partial charge in [0, 0.05) is 24.7 Å². The molecule has 1 amide bonds. The number of aromatic nitrogens is 1. The average molecular weight is 389 g/mol. The van der Waals surface area contributed by atoms with Gasteiger partial charge in [0.05, 0.1) is 17.3 Å². The number of amides is 1. The van der Waals surface area contributed by atoms with Crippen molar-refractivity contribution in [3.05, 3.63) is 53.9 Å². The van der Waals surface area contributed by atoms with Crippen LogP contribution in [0.1, 0.15) is 43.0 Å². The second-order valence-electron chi connectivity index (χ2n) is 7.71. The molecule has 3 heterocycles. The minimum absolute atomic E-state index is 0.0882. The van der Waals surface area contributed by atoms with E-state index in [0.29, 0.717) is 13.0 Å². The summed E-state index contributed by atoms with van der Waals surface area (Å²) in [5.74, 6) is 0.0882. The van der Waals surface area contributed by atoms with Gasteiger partial charge in [-0.05, 0) is 61.7 Å². The number of nitrogens with one attached hydrogen (secondary N) is 1. The molecule has 0 radical (unpaired) electrons. The first-order chi connectivity index (χ1) is 13.3. The van der Waals surface area contributed by atoms with Crippen molar-refractivity contribution in [2.45, 2.75) is 43.4 Å². The molecule has 2 aliphatic heterocycles. The van der Waals surface area contributed by atoms with Gasteiger partial charge in [0.25, 0.3) is 0 Å². The number of nitrogens with zero attached hydrogens (tertiary/aromatic N) is 2. The summed E-state index contributed by atoms with van der Waals surface area (Å²) in [4.78, 5) is 18.7. The third-order valence-corrected chi connectivity index (χ3v) is 6.17. The molecule has 1 spiro atoms.